The molecule has 1 aromatic heterocycles. The van der Waals surface area contributed by atoms with Crippen LogP contribution < -0.4 is 5.09 Å². The number of carbonyl (C=O) groups is 2. The summed E-state index contributed by atoms with van der Waals surface area (Å²) in [6, 6.07) is 10.1. The van der Waals surface area contributed by atoms with Gasteiger partial charge in [-0.1, -0.05) is 50.2 Å². The average Bonchev–Trinajstić information content (AvgIpc) is 3.36. The molecular formula is C23H29N4O6PS. The lowest BCUT2D eigenvalue weighted by Gasteiger charge is -2.40. The van der Waals surface area contributed by atoms with Crippen LogP contribution in [0, 0.1) is 5.92 Å². The van der Waals surface area contributed by atoms with Gasteiger partial charge in [0, 0.05) is 29.9 Å². The number of hydrazine groups is 1. The molecule has 0 aliphatic carbocycles. The van der Waals surface area contributed by atoms with Crippen LogP contribution in [0.1, 0.15) is 24.3 Å². The van der Waals surface area contributed by atoms with E-state index in [4.69, 9.17) is 4.52 Å². The van der Waals surface area contributed by atoms with Crippen molar-refractivity contribution in [2.24, 2.45) is 10.9 Å². The number of hydrogen-bond donors (Lipinski definition) is 3. The van der Waals surface area contributed by atoms with Crippen molar-refractivity contribution in [3.05, 3.63) is 70.7 Å². The highest BCUT2D eigenvalue weighted by Gasteiger charge is 2.41. The van der Waals surface area contributed by atoms with Gasteiger partial charge >= 0.3 is 13.7 Å². The van der Waals surface area contributed by atoms with Crippen LogP contribution in [0.3, 0.4) is 0 Å². The Morgan fingerprint density at radius 1 is 1.26 bits per heavy atom. The highest BCUT2D eigenvalue weighted by molar-refractivity contribution is 7.50. The number of thiophene rings is 1. The third-order valence-corrected chi connectivity index (χ3v) is 7.18. The molecule has 0 saturated carbocycles. The summed E-state index contributed by atoms with van der Waals surface area (Å²) in [5.74, 6) is -2.33. The van der Waals surface area contributed by atoms with E-state index >= 15 is 0 Å². The van der Waals surface area contributed by atoms with Gasteiger partial charge in [0.05, 0.1) is 13.2 Å². The molecule has 0 fully saturated rings. The van der Waals surface area contributed by atoms with Crippen molar-refractivity contribution in [1.29, 1.82) is 0 Å². The van der Waals surface area contributed by atoms with Gasteiger partial charge in [0.25, 0.3) is 5.91 Å². The normalized spacial score (nSPS) is 16.6. The topological polar surface area (TPSA) is 132 Å². The second-order valence-corrected chi connectivity index (χ2v) is 10.8. The number of amides is 1. The summed E-state index contributed by atoms with van der Waals surface area (Å²) in [5, 5.41) is 16.9. The lowest BCUT2D eigenvalue weighted by Crippen LogP contribution is -2.60. The molecule has 2 heterocycles. The van der Waals surface area contributed by atoms with Gasteiger partial charge in [-0.15, -0.1) is 11.3 Å². The molecule has 1 unspecified atom stereocenters. The lowest BCUT2D eigenvalue weighted by atomic mass is 10.0. The average molecular weight is 521 g/mol. The van der Waals surface area contributed by atoms with Gasteiger partial charge in [-0.2, -0.15) is 0 Å². The molecule has 0 radical (unpaired) electrons. The van der Waals surface area contributed by atoms with Crippen molar-refractivity contribution in [2.75, 3.05) is 6.54 Å². The van der Waals surface area contributed by atoms with Crippen molar-refractivity contribution in [3.63, 3.8) is 0 Å². The molecule has 1 aliphatic heterocycles. The highest BCUT2D eigenvalue weighted by atomic mass is 32.1. The second-order valence-electron chi connectivity index (χ2n) is 8.20. The minimum absolute atomic E-state index is 0.0415. The van der Waals surface area contributed by atoms with Gasteiger partial charge in [-0.3, -0.25) is 19.3 Å². The fourth-order valence-corrected chi connectivity index (χ4v) is 5.35. The summed E-state index contributed by atoms with van der Waals surface area (Å²) in [5.41, 5.74) is 0.730. The Morgan fingerprint density at radius 3 is 2.57 bits per heavy atom. The van der Waals surface area contributed by atoms with Crippen LogP contribution in [0.25, 0.3) is 0 Å². The Hall–Kier alpha value is -2.82. The molecule has 1 aromatic carbocycles. The largest absolute Gasteiger partial charge is 0.480 e. The third kappa shape index (κ3) is 7.58. The van der Waals surface area contributed by atoms with Crippen molar-refractivity contribution in [3.8, 4) is 0 Å². The van der Waals surface area contributed by atoms with Gasteiger partial charge < -0.3 is 10.00 Å². The van der Waals surface area contributed by atoms with E-state index in [2.05, 4.69) is 10.1 Å². The van der Waals surface area contributed by atoms with Gasteiger partial charge in [0.1, 0.15) is 6.04 Å². The molecule has 3 atom stereocenters. The predicted molar refractivity (Wildman–Crippen MR) is 133 cm³/mol. The molecule has 12 heteroatoms. The highest BCUT2D eigenvalue weighted by Crippen LogP contribution is 2.40. The maximum atomic E-state index is 13.8. The van der Waals surface area contributed by atoms with E-state index in [1.54, 1.807) is 56.5 Å². The van der Waals surface area contributed by atoms with Crippen molar-refractivity contribution in [1.82, 2.24) is 15.1 Å². The summed E-state index contributed by atoms with van der Waals surface area (Å²) in [4.78, 5) is 41.4. The van der Waals surface area contributed by atoms with E-state index in [0.29, 0.717) is 0 Å². The molecule has 1 amide bonds. The number of benzene rings is 1. The van der Waals surface area contributed by atoms with E-state index in [9.17, 15) is 24.2 Å². The minimum atomic E-state index is -4.40. The van der Waals surface area contributed by atoms with E-state index in [1.165, 1.54) is 28.7 Å². The molecule has 3 rings (SSSR count). The zero-order chi connectivity index (χ0) is 25.4. The first-order valence-corrected chi connectivity index (χ1v) is 13.5. The number of nitrogens with one attached hydrogen (secondary N) is 1. The number of carbonyl (C=O) groups excluding carboxylic acids is 1. The Labute approximate surface area is 208 Å². The van der Waals surface area contributed by atoms with Crippen LogP contribution in [-0.4, -0.2) is 56.7 Å². The molecule has 2 aromatic rings. The minimum Gasteiger partial charge on any atom is -0.480 e. The summed E-state index contributed by atoms with van der Waals surface area (Å²) in [6.07, 6.45) is 4.53. The molecule has 35 heavy (non-hydrogen) atoms. The van der Waals surface area contributed by atoms with Gasteiger partial charge in [0.15, 0.2) is 6.04 Å². The molecule has 3 N–H and O–H groups in total. The molecule has 0 bridgehead atoms. The summed E-state index contributed by atoms with van der Waals surface area (Å²) >= 11 is 1.37. The number of hydrogen-bond acceptors (Lipinski definition) is 7. The van der Waals surface area contributed by atoms with Crippen LogP contribution in [0.5, 0.6) is 0 Å². The van der Waals surface area contributed by atoms with Crippen molar-refractivity contribution in [2.45, 2.75) is 39.0 Å². The number of rotatable bonds is 12. The van der Waals surface area contributed by atoms with Crippen LogP contribution >= 0.6 is 19.1 Å². The van der Waals surface area contributed by atoms with Crippen molar-refractivity contribution < 1.29 is 28.7 Å². The lowest BCUT2D eigenvalue weighted by molar-refractivity contribution is -0.165. The molecule has 1 aliphatic rings. The second kappa shape index (κ2) is 12.2. The SMILES string of the molecule is CC(C)[C@H](NP(=O)(O)OCc1cccs1)C(=O)N([C@@H](Cc1ccccc1)C(=O)O)N1C=CN=CC1. The monoisotopic (exact) mass is 520 g/mol. The Morgan fingerprint density at radius 2 is 2.00 bits per heavy atom. The molecular weight excluding hydrogens is 491 g/mol. The van der Waals surface area contributed by atoms with Gasteiger partial charge in [-0.05, 0) is 22.9 Å². The number of aliphatic imine (C=N–C) groups is 1. The maximum absolute atomic E-state index is 13.8. The Bertz CT molecular complexity index is 1090. The molecule has 188 valence electrons. The summed E-state index contributed by atoms with van der Waals surface area (Å²) in [6.45, 7) is 3.47. The number of carboxylic acids is 1. The van der Waals surface area contributed by atoms with Crippen LogP contribution in [0.2, 0.25) is 0 Å². The molecule has 10 nitrogen and oxygen atoms in total. The van der Waals surface area contributed by atoms with E-state index < -0.39 is 37.6 Å². The van der Waals surface area contributed by atoms with E-state index in [0.717, 1.165) is 15.4 Å². The summed E-state index contributed by atoms with van der Waals surface area (Å²) in [7, 11) is -4.40. The van der Waals surface area contributed by atoms with Crippen LogP contribution in [0.15, 0.2) is 65.2 Å². The number of carboxylic acid groups (broad SMARTS) is 1. The smallest absolute Gasteiger partial charge is 0.403 e. The first-order chi connectivity index (χ1) is 16.7. The van der Waals surface area contributed by atoms with E-state index in [-0.39, 0.29) is 19.6 Å². The number of nitrogens with zero attached hydrogens (tertiary/aromatic N) is 3. The maximum Gasteiger partial charge on any atom is 0.403 e. The third-order valence-electron chi connectivity index (χ3n) is 5.25. The standard InChI is InChI=1S/C23H29N4O6PS/c1-17(2)21(25-34(31,32)33-16-19-9-6-14-35-19)22(28)27(26-12-10-24-11-13-26)20(23(29)30)15-18-7-4-3-5-8-18/h3-12,14,17,20-21H,13,15-16H2,1-2H3,(H,29,30)(H2,25,31,32)/t20-,21-/m0/s1. The number of aliphatic carboxylic acids is 1. The quantitative estimate of drug-likeness (QED) is 0.364. The first kappa shape index (κ1) is 26.8. The van der Waals surface area contributed by atoms with Gasteiger partial charge in [-0.25, -0.2) is 19.5 Å². The van der Waals surface area contributed by atoms with E-state index in [1.807, 2.05) is 11.4 Å². The fourth-order valence-electron chi connectivity index (χ4n) is 3.49. The molecule has 0 saturated heterocycles. The van der Waals surface area contributed by atoms with Crippen LogP contribution in [0.4, 0.5) is 0 Å². The zero-order valence-electron chi connectivity index (χ0n) is 19.4. The van der Waals surface area contributed by atoms with Crippen LogP contribution in [-0.2, 0) is 31.7 Å². The molecule has 0 spiro atoms. The predicted octanol–water partition coefficient (Wildman–Crippen LogP) is 3.28. The van der Waals surface area contributed by atoms with Gasteiger partial charge in [0.2, 0.25) is 0 Å². The Kier molecular flexibility index (Phi) is 9.36. The fraction of sp³-hybridized carbons (Fsp3) is 0.348. The summed E-state index contributed by atoms with van der Waals surface area (Å²) < 4.78 is 18.0. The Balaban J connectivity index is 1.88. The zero-order valence-corrected chi connectivity index (χ0v) is 21.1. The first-order valence-electron chi connectivity index (χ1n) is 11.0. The van der Waals surface area contributed by atoms with Crippen molar-refractivity contribution >= 4 is 37.2 Å².